The minimum absolute atomic E-state index is 0.170. The van der Waals surface area contributed by atoms with Crippen molar-refractivity contribution in [1.29, 1.82) is 0 Å². The number of aliphatic hydroxyl groups excluding tert-OH is 2. The zero-order valence-electron chi connectivity index (χ0n) is 14.6. The van der Waals surface area contributed by atoms with E-state index in [0.29, 0.717) is 6.61 Å². The lowest BCUT2D eigenvalue weighted by Crippen LogP contribution is -2.56. The summed E-state index contributed by atoms with van der Waals surface area (Å²) in [7, 11) is 0. The Kier molecular flexibility index (Phi) is 5.07. The van der Waals surface area contributed by atoms with Gasteiger partial charge in [0.1, 0.15) is 36.6 Å². The minimum Gasteiger partial charge on any atom is -0.387 e. The molecule has 1 saturated heterocycles. The Bertz CT molecular complexity index is 707. The second kappa shape index (κ2) is 7.47. The zero-order valence-corrected chi connectivity index (χ0v) is 14.6. The maximum absolute atomic E-state index is 10.5. The van der Waals surface area contributed by atoms with Gasteiger partial charge in [0.2, 0.25) is 0 Å². The van der Waals surface area contributed by atoms with E-state index in [9.17, 15) is 10.2 Å². The molecule has 5 heteroatoms. The van der Waals surface area contributed by atoms with Gasteiger partial charge in [-0.05, 0) is 18.1 Å². The molecule has 2 aromatic rings. The third kappa shape index (κ3) is 3.54. The number of benzene rings is 2. The van der Waals surface area contributed by atoms with E-state index >= 15 is 0 Å². The number of hydrogen-bond acceptors (Lipinski definition) is 5. The van der Waals surface area contributed by atoms with E-state index in [1.54, 1.807) is 0 Å². The minimum atomic E-state index is -1.05. The van der Waals surface area contributed by atoms with Gasteiger partial charge in [0.05, 0.1) is 12.7 Å². The fourth-order valence-electron chi connectivity index (χ4n) is 3.60. The summed E-state index contributed by atoms with van der Waals surface area (Å²) < 4.78 is 17.8. The van der Waals surface area contributed by atoms with Gasteiger partial charge in [0.25, 0.3) is 0 Å². The third-order valence-corrected chi connectivity index (χ3v) is 5.15. The normalized spacial score (nSPS) is 34.1. The van der Waals surface area contributed by atoms with Crippen LogP contribution in [0.1, 0.15) is 24.2 Å². The van der Waals surface area contributed by atoms with Crippen molar-refractivity contribution in [2.75, 3.05) is 0 Å². The molecule has 0 spiro atoms. The van der Waals surface area contributed by atoms with Crippen LogP contribution in [0.2, 0.25) is 0 Å². The molecule has 0 aromatic heterocycles. The van der Waals surface area contributed by atoms with Gasteiger partial charge in [-0.2, -0.15) is 0 Å². The lowest BCUT2D eigenvalue weighted by molar-refractivity contribution is -0.180. The molecule has 0 unspecified atom stereocenters. The van der Waals surface area contributed by atoms with Gasteiger partial charge in [-0.25, -0.2) is 0 Å². The van der Waals surface area contributed by atoms with Crippen molar-refractivity contribution in [3.05, 3.63) is 71.8 Å². The summed E-state index contributed by atoms with van der Waals surface area (Å²) in [5.74, 6) is 0. The molecule has 138 valence electrons. The summed E-state index contributed by atoms with van der Waals surface area (Å²) in [5, 5.41) is 20.7. The molecule has 2 N–H and O–H groups in total. The fourth-order valence-corrected chi connectivity index (χ4v) is 3.60. The van der Waals surface area contributed by atoms with Crippen molar-refractivity contribution in [2.24, 2.45) is 0 Å². The summed E-state index contributed by atoms with van der Waals surface area (Å²) in [6.07, 6.45) is -3.88. The highest BCUT2D eigenvalue weighted by atomic mass is 16.6. The summed E-state index contributed by atoms with van der Waals surface area (Å²) >= 11 is 0. The standard InChI is InChI=1S/C21H24O5/c1-13(15-10-6-3-7-11-15)25-20-18(16(22)17(23)19-21(20)26-19)24-12-14-8-4-2-5-9-14/h2-11,13,16-23H,12H2,1H3/t13-,16-,17+,18+,19+,20-,21+/m1/s1. The number of fused-ring (bicyclic) bond motifs is 1. The molecule has 7 atom stereocenters. The molecule has 1 aliphatic heterocycles. The van der Waals surface area contributed by atoms with Gasteiger partial charge in [-0.3, -0.25) is 0 Å². The smallest absolute Gasteiger partial charge is 0.116 e. The van der Waals surface area contributed by atoms with E-state index < -0.39 is 24.4 Å². The predicted octanol–water partition coefficient (Wildman–Crippen LogP) is 2.22. The number of aliphatic hydroxyl groups is 2. The molecule has 2 aliphatic rings. The Hall–Kier alpha value is -1.76. The lowest BCUT2D eigenvalue weighted by atomic mass is 9.89. The van der Waals surface area contributed by atoms with E-state index in [4.69, 9.17) is 14.2 Å². The van der Waals surface area contributed by atoms with Crippen molar-refractivity contribution in [1.82, 2.24) is 0 Å². The van der Waals surface area contributed by atoms with Crippen LogP contribution < -0.4 is 0 Å². The van der Waals surface area contributed by atoms with E-state index in [2.05, 4.69) is 0 Å². The Morgan fingerprint density at radius 1 is 0.885 bits per heavy atom. The van der Waals surface area contributed by atoms with Crippen LogP contribution in [0.5, 0.6) is 0 Å². The molecule has 2 fully saturated rings. The topological polar surface area (TPSA) is 71.5 Å². The first-order valence-electron chi connectivity index (χ1n) is 9.02. The average Bonchev–Trinajstić information content (AvgIpc) is 3.48. The molecule has 1 heterocycles. The largest absolute Gasteiger partial charge is 0.387 e. The lowest BCUT2D eigenvalue weighted by Gasteiger charge is -2.36. The van der Waals surface area contributed by atoms with Gasteiger partial charge in [-0.1, -0.05) is 60.7 Å². The maximum atomic E-state index is 10.5. The van der Waals surface area contributed by atoms with E-state index in [1.165, 1.54) is 0 Å². The van der Waals surface area contributed by atoms with Crippen molar-refractivity contribution < 1.29 is 24.4 Å². The number of rotatable bonds is 6. The molecule has 1 saturated carbocycles. The average molecular weight is 356 g/mol. The Labute approximate surface area is 153 Å². The molecule has 4 rings (SSSR count). The molecular weight excluding hydrogens is 332 g/mol. The predicted molar refractivity (Wildman–Crippen MR) is 95.4 cm³/mol. The van der Waals surface area contributed by atoms with Crippen molar-refractivity contribution in [3.8, 4) is 0 Å². The number of hydrogen-bond donors (Lipinski definition) is 2. The first kappa shape index (κ1) is 17.6. The summed E-state index contributed by atoms with van der Waals surface area (Å²) in [5.41, 5.74) is 2.05. The Morgan fingerprint density at radius 2 is 1.54 bits per heavy atom. The van der Waals surface area contributed by atoms with E-state index in [-0.39, 0.29) is 18.3 Å². The Morgan fingerprint density at radius 3 is 2.23 bits per heavy atom. The van der Waals surface area contributed by atoms with Gasteiger partial charge >= 0.3 is 0 Å². The summed E-state index contributed by atoms with van der Waals surface area (Å²) in [6.45, 7) is 2.31. The highest BCUT2D eigenvalue weighted by Gasteiger charge is 2.61. The van der Waals surface area contributed by atoms with Crippen molar-refractivity contribution in [2.45, 2.75) is 56.3 Å². The number of epoxide rings is 1. The molecule has 26 heavy (non-hydrogen) atoms. The highest BCUT2D eigenvalue weighted by Crippen LogP contribution is 2.42. The molecule has 1 aliphatic carbocycles. The van der Waals surface area contributed by atoms with Crippen LogP contribution >= 0.6 is 0 Å². The van der Waals surface area contributed by atoms with Crippen LogP contribution in [0.25, 0.3) is 0 Å². The van der Waals surface area contributed by atoms with Crippen LogP contribution in [0.15, 0.2) is 60.7 Å². The van der Waals surface area contributed by atoms with Crippen molar-refractivity contribution >= 4 is 0 Å². The van der Waals surface area contributed by atoms with Crippen LogP contribution in [-0.4, -0.2) is 46.8 Å². The fraction of sp³-hybridized carbons (Fsp3) is 0.429. The molecule has 2 aromatic carbocycles. The molecule has 0 radical (unpaired) electrons. The summed E-state index contributed by atoms with van der Waals surface area (Å²) in [4.78, 5) is 0. The molecular formula is C21H24O5. The zero-order chi connectivity index (χ0) is 18.1. The van der Waals surface area contributed by atoms with Gasteiger partial charge in [-0.15, -0.1) is 0 Å². The number of ether oxygens (including phenoxy) is 3. The van der Waals surface area contributed by atoms with Gasteiger partial charge in [0.15, 0.2) is 0 Å². The maximum Gasteiger partial charge on any atom is 0.116 e. The molecule has 5 nitrogen and oxygen atoms in total. The Balaban J connectivity index is 1.48. The first-order valence-corrected chi connectivity index (χ1v) is 9.02. The monoisotopic (exact) mass is 356 g/mol. The highest BCUT2D eigenvalue weighted by molar-refractivity contribution is 5.18. The molecule has 0 amide bonds. The second-order valence-electron chi connectivity index (χ2n) is 6.96. The van der Waals surface area contributed by atoms with Gasteiger partial charge < -0.3 is 24.4 Å². The van der Waals surface area contributed by atoms with Gasteiger partial charge in [0, 0.05) is 0 Å². The van der Waals surface area contributed by atoms with Crippen LogP contribution in [0, 0.1) is 0 Å². The quantitative estimate of drug-likeness (QED) is 0.777. The second-order valence-corrected chi connectivity index (χ2v) is 6.96. The van der Waals surface area contributed by atoms with Crippen molar-refractivity contribution in [3.63, 3.8) is 0 Å². The van der Waals surface area contributed by atoms with Crippen LogP contribution in [0.3, 0.4) is 0 Å². The SMILES string of the molecule is C[C@@H](O[C@H]1[C@H]2O[C@H]2[C@@H](O)[C@@H](O)[C@@H]1OCc1ccccc1)c1ccccc1. The first-order chi connectivity index (χ1) is 12.6. The van der Waals surface area contributed by atoms with E-state index in [0.717, 1.165) is 11.1 Å². The summed E-state index contributed by atoms with van der Waals surface area (Å²) in [6, 6.07) is 19.7. The van der Waals surface area contributed by atoms with Crippen LogP contribution in [0.4, 0.5) is 0 Å². The third-order valence-electron chi connectivity index (χ3n) is 5.15. The van der Waals surface area contributed by atoms with Crippen LogP contribution in [-0.2, 0) is 20.8 Å². The van der Waals surface area contributed by atoms with E-state index in [1.807, 2.05) is 67.6 Å². The molecule has 0 bridgehead atoms.